The number of nitrogens with one attached hydrogen (secondary N) is 2. The molecule has 0 radical (unpaired) electrons. The fourth-order valence-corrected chi connectivity index (χ4v) is 7.10. The molecule has 2 aliphatic rings. The number of sulfone groups is 1. The number of urea groups is 1. The van der Waals surface area contributed by atoms with Crippen molar-refractivity contribution in [3.8, 4) is 11.4 Å². The number of halogens is 2. The lowest BCUT2D eigenvalue weighted by Gasteiger charge is -2.34. The van der Waals surface area contributed by atoms with Gasteiger partial charge in [0.15, 0.2) is 15.7 Å². The van der Waals surface area contributed by atoms with E-state index in [4.69, 9.17) is 14.7 Å². The second kappa shape index (κ2) is 11.1. The maximum Gasteiger partial charge on any atom is 0.319 e. The molecule has 0 spiro atoms. The average molecular weight is 572 g/mol. The number of carbonyl (C=O) groups excluding carboxylic acids is 1. The first-order valence-corrected chi connectivity index (χ1v) is 14.6. The first kappa shape index (κ1) is 27.9. The Hall–Kier alpha value is -3.64. The van der Waals surface area contributed by atoms with Crippen molar-refractivity contribution in [2.75, 3.05) is 43.2 Å². The normalized spacial score (nSPS) is 18.3. The summed E-state index contributed by atoms with van der Waals surface area (Å²) in [4.78, 5) is 23.5. The molecule has 2 aromatic carbocycles. The Morgan fingerprint density at radius 1 is 1.15 bits per heavy atom. The molecule has 1 aliphatic carbocycles. The third kappa shape index (κ3) is 5.37. The topological polar surface area (TPSA) is 114 Å². The third-order valence-corrected chi connectivity index (χ3v) is 9.95. The molecule has 2 heterocycles. The van der Waals surface area contributed by atoms with Gasteiger partial charge in [0.25, 0.3) is 0 Å². The molecule has 1 saturated carbocycles. The van der Waals surface area contributed by atoms with Gasteiger partial charge < -0.3 is 20.3 Å². The van der Waals surface area contributed by atoms with E-state index in [1.807, 2.05) is 6.92 Å². The van der Waals surface area contributed by atoms with E-state index in [1.54, 1.807) is 37.3 Å². The lowest BCUT2D eigenvalue weighted by molar-refractivity contribution is 0.0985. The molecular weight excluding hydrogens is 540 g/mol. The number of hydrogen-bond acceptors (Lipinski definition) is 7. The van der Waals surface area contributed by atoms with Crippen LogP contribution in [0.15, 0.2) is 53.4 Å². The summed E-state index contributed by atoms with van der Waals surface area (Å²) >= 11 is 0. The van der Waals surface area contributed by atoms with Crippen molar-refractivity contribution in [2.45, 2.75) is 42.4 Å². The Balaban J connectivity index is 1.56. The molecule has 40 heavy (non-hydrogen) atoms. The van der Waals surface area contributed by atoms with Gasteiger partial charge in [0, 0.05) is 30.4 Å². The van der Waals surface area contributed by atoms with Gasteiger partial charge in [-0.3, -0.25) is 0 Å². The van der Waals surface area contributed by atoms with Gasteiger partial charge in [-0.25, -0.2) is 32.0 Å². The lowest BCUT2D eigenvalue weighted by atomic mass is 10.1. The van der Waals surface area contributed by atoms with Crippen LogP contribution in [0.5, 0.6) is 0 Å². The van der Waals surface area contributed by atoms with Crippen LogP contribution < -0.4 is 15.5 Å². The predicted molar refractivity (Wildman–Crippen MR) is 147 cm³/mol. The highest BCUT2D eigenvalue weighted by Gasteiger charge is 2.58. The molecule has 1 saturated heterocycles. The quantitative estimate of drug-likeness (QED) is 0.413. The maximum atomic E-state index is 14.1. The van der Waals surface area contributed by atoms with Crippen LogP contribution in [0.1, 0.15) is 31.0 Å². The Kier molecular flexibility index (Phi) is 7.74. The second-order valence-corrected chi connectivity index (χ2v) is 12.3. The fourth-order valence-electron chi connectivity index (χ4n) is 4.90. The molecule has 2 fully saturated rings. The summed E-state index contributed by atoms with van der Waals surface area (Å²) in [5.74, 6) is 0.302. The van der Waals surface area contributed by atoms with Crippen molar-refractivity contribution in [3.63, 3.8) is 0 Å². The summed E-state index contributed by atoms with van der Waals surface area (Å²) in [6.07, 6.45) is 0.716. The molecule has 5 rings (SSSR count). The number of aromatic nitrogens is 2. The Morgan fingerprint density at radius 3 is 2.58 bits per heavy atom. The van der Waals surface area contributed by atoms with E-state index in [-0.39, 0.29) is 17.5 Å². The van der Waals surface area contributed by atoms with Crippen LogP contribution in [0.4, 0.5) is 25.1 Å². The van der Waals surface area contributed by atoms with Crippen LogP contribution in [0.2, 0.25) is 0 Å². The molecule has 1 atom stereocenters. The zero-order chi connectivity index (χ0) is 28.5. The number of carbonyl (C=O) groups is 1. The molecule has 0 unspecified atom stereocenters. The molecule has 212 valence electrons. The molecular formula is C28H31F2N5O4S. The number of hydrogen-bond donors (Lipinski definition) is 2. The molecule has 12 heteroatoms. The molecule has 1 aliphatic heterocycles. The van der Waals surface area contributed by atoms with Crippen LogP contribution in [0.3, 0.4) is 0 Å². The molecule has 1 aromatic heterocycles. The molecule has 0 bridgehead atoms. The van der Waals surface area contributed by atoms with E-state index in [0.717, 1.165) is 6.07 Å². The van der Waals surface area contributed by atoms with Gasteiger partial charge in [-0.05, 0) is 68.7 Å². The Morgan fingerprint density at radius 2 is 1.90 bits per heavy atom. The monoisotopic (exact) mass is 571 g/mol. The van der Waals surface area contributed by atoms with E-state index in [2.05, 4.69) is 15.5 Å². The van der Waals surface area contributed by atoms with E-state index in [9.17, 15) is 22.0 Å². The number of benzene rings is 2. The van der Waals surface area contributed by atoms with Crippen LogP contribution >= 0.6 is 0 Å². The van der Waals surface area contributed by atoms with E-state index < -0.39 is 33.1 Å². The summed E-state index contributed by atoms with van der Waals surface area (Å²) in [5.41, 5.74) is 1.94. The highest BCUT2D eigenvalue weighted by molar-refractivity contribution is 7.92. The van der Waals surface area contributed by atoms with Crippen molar-refractivity contribution < 1.29 is 26.7 Å². The zero-order valence-electron chi connectivity index (χ0n) is 22.3. The number of morpholine rings is 1. The molecule has 2 amide bonds. The van der Waals surface area contributed by atoms with Crippen molar-refractivity contribution >= 4 is 27.4 Å². The predicted octanol–water partition coefficient (Wildman–Crippen LogP) is 4.37. The summed E-state index contributed by atoms with van der Waals surface area (Å²) in [6.45, 7) is 4.50. The highest BCUT2D eigenvalue weighted by Crippen LogP contribution is 2.55. The number of rotatable bonds is 8. The van der Waals surface area contributed by atoms with Crippen LogP contribution in [0, 0.1) is 12.7 Å². The maximum absolute atomic E-state index is 14.1. The highest BCUT2D eigenvalue weighted by atomic mass is 32.2. The number of aryl methyl sites for hydroxylation is 1. The first-order chi connectivity index (χ1) is 19.1. The van der Waals surface area contributed by atoms with Gasteiger partial charge in [-0.1, -0.05) is 6.07 Å². The van der Waals surface area contributed by atoms with Crippen LogP contribution in [-0.4, -0.2) is 63.4 Å². The van der Waals surface area contributed by atoms with Crippen molar-refractivity contribution in [1.82, 2.24) is 15.3 Å². The summed E-state index contributed by atoms with van der Waals surface area (Å²) in [7, 11) is -3.98. The minimum Gasteiger partial charge on any atom is -0.377 e. The van der Waals surface area contributed by atoms with Gasteiger partial charge in [0.05, 0.1) is 29.8 Å². The van der Waals surface area contributed by atoms with Gasteiger partial charge >= 0.3 is 6.03 Å². The summed E-state index contributed by atoms with van der Waals surface area (Å²) in [5, 5.41) is 5.02. The van der Waals surface area contributed by atoms with Gasteiger partial charge in [0.2, 0.25) is 0 Å². The lowest BCUT2D eigenvalue weighted by Crippen LogP contribution is -2.44. The van der Waals surface area contributed by atoms with E-state index in [1.165, 1.54) is 12.1 Å². The molecule has 3 aromatic rings. The number of anilines is 2. The summed E-state index contributed by atoms with van der Waals surface area (Å²) in [6, 6.07) is 11.8. The van der Waals surface area contributed by atoms with E-state index in [0.29, 0.717) is 66.8 Å². The van der Waals surface area contributed by atoms with Gasteiger partial charge in [-0.2, -0.15) is 0 Å². The third-order valence-electron chi connectivity index (χ3n) is 7.28. The number of amides is 2. The van der Waals surface area contributed by atoms with Crippen LogP contribution in [0.25, 0.3) is 11.4 Å². The Labute approximate surface area is 231 Å². The van der Waals surface area contributed by atoms with Crippen molar-refractivity contribution in [3.05, 3.63) is 65.6 Å². The van der Waals surface area contributed by atoms with E-state index >= 15 is 0 Å². The number of nitrogens with zero attached hydrogens (tertiary/aromatic N) is 3. The number of alkyl halides is 1. The zero-order valence-corrected chi connectivity index (χ0v) is 23.1. The first-order valence-electron chi connectivity index (χ1n) is 13.1. The minimum atomic E-state index is -3.98. The number of ether oxygens (including phenoxy) is 1. The second-order valence-electron chi connectivity index (χ2n) is 10.1. The molecule has 2 N–H and O–H groups in total. The average Bonchev–Trinajstić information content (AvgIpc) is 3.77. The largest absolute Gasteiger partial charge is 0.377 e. The SMILES string of the molecule is Cc1ccc(F)cc1S(=O)(=O)C1(c2cc(N3CCOC[C@@H]3C)nc(-c3ccc(NC(=O)NCCF)cc3)n2)CC1. The van der Waals surface area contributed by atoms with Crippen LogP contribution in [-0.2, 0) is 19.3 Å². The van der Waals surface area contributed by atoms with Crippen molar-refractivity contribution in [1.29, 1.82) is 0 Å². The smallest absolute Gasteiger partial charge is 0.319 e. The van der Waals surface area contributed by atoms with Gasteiger partial charge in [-0.15, -0.1) is 0 Å². The van der Waals surface area contributed by atoms with Gasteiger partial charge in [0.1, 0.15) is 23.1 Å². The summed E-state index contributed by atoms with van der Waals surface area (Å²) < 4.78 is 58.7. The Bertz CT molecular complexity index is 1510. The fraction of sp³-hybridized carbons (Fsp3) is 0.393. The van der Waals surface area contributed by atoms with Crippen molar-refractivity contribution in [2.24, 2.45) is 0 Å². The minimum absolute atomic E-state index is 0.0102. The standard InChI is InChI=1S/C28H31F2N5O4S/c1-18-3-6-21(30)15-23(18)40(37,38)28(9-10-28)24-16-25(35-13-14-39-17-19(35)2)34-26(33-24)20-4-7-22(8-5-20)32-27(36)31-12-11-29/h3-8,15-16,19H,9-14,17H2,1-2H3,(H2,31,32,36)/t19-/m0/s1. The molecule has 9 nitrogen and oxygen atoms in total.